The maximum absolute atomic E-state index is 13.1. The number of hydrogen-bond donors (Lipinski definition) is 2. The standard InChI is InChI=1S/C19H16N2O4S/c22-19(20-23)13-7-5-9-16-14-15-8-4-6-12-18(15)21(16)26(24,25)17-10-2-1-3-11-17/h1-14,23H,(H,20,22)/b9-5+,13-7+. The first-order valence-corrected chi connectivity index (χ1v) is 9.18. The summed E-state index contributed by atoms with van der Waals surface area (Å²) in [5, 5.41) is 9.25. The van der Waals surface area contributed by atoms with E-state index in [1.807, 2.05) is 12.1 Å². The van der Waals surface area contributed by atoms with Crippen molar-refractivity contribution < 1.29 is 18.4 Å². The van der Waals surface area contributed by atoms with Crippen LogP contribution in [0, 0.1) is 0 Å². The number of allylic oxidation sites excluding steroid dienone is 2. The number of rotatable bonds is 5. The number of carbonyl (C=O) groups excluding carboxylic acids is 1. The maximum Gasteiger partial charge on any atom is 0.268 e. The van der Waals surface area contributed by atoms with Crippen LogP contribution in [0.25, 0.3) is 17.0 Å². The highest BCUT2D eigenvalue weighted by atomic mass is 32.2. The highest BCUT2D eigenvalue weighted by Crippen LogP contribution is 2.26. The lowest BCUT2D eigenvalue weighted by Gasteiger charge is -2.10. The van der Waals surface area contributed by atoms with Gasteiger partial charge in [0.05, 0.1) is 16.1 Å². The Labute approximate surface area is 150 Å². The molecule has 1 aromatic heterocycles. The molecular weight excluding hydrogens is 352 g/mol. The number of nitrogens with one attached hydrogen (secondary N) is 1. The average molecular weight is 368 g/mol. The fourth-order valence-corrected chi connectivity index (χ4v) is 4.10. The molecule has 3 rings (SSSR count). The molecular formula is C19H16N2O4S. The van der Waals surface area contributed by atoms with E-state index in [1.54, 1.807) is 54.6 Å². The summed E-state index contributed by atoms with van der Waals surface area (Å²) in [6, 6.07) is 17.1. The molecule has 0 saturated carbocycles. The van der Waals surface area contributed by atoms with Gasteiger partial charge in [-0.05, 0) is 30.3 Å². The second kappa shape index (κ2) is 7.38. The molecule has 1 heterocycles. The Kier molecular flexibility index (Phi) is 5.01. The number of carbonyl (C=O) groups is 1. The maximum atomic E-state index is 13.1. The summed E-state index contributed by atoms with van der Waals surface area (Å²) in [4.78, 5) is 11.2. The number of amides is 1. The first kappa shape index (κ1) is 17.7. The van der Waals surface area contributed by atoms with Crippen molar-refractivity contribution in [3.8, 4) is 0 Å². The zero-order chi connectivity index (χ0) is 18.6. The minimum atomic E-state index is -3.79. The van der Waals surface area contributed by atoms with Crippen molar-refractivity contribution in [1.29, 1.82) is 0 Å². The van der Waals surface area contributed by atoms with Gasteiger partial charge in [0.2, 0.25) is 0 Å². The SMILES string of the molecule is O=C(/C=C/C=C/c1cc2ccccc2n1S(=O)(=O)c1ccccc1)NO. The Bertz CT molecular complexity index is 1100. The Hall–Kier alpha value is -3.16. The number of para-hydroxylation sites is 1. The zero-order valence-electron chi connectivity index (χ0n) is 13.6. The molecule has 26 heavy (non-hydrogen) atoms. The monoisotopic (exact) mass is 368 g/mol. The van der Waals surface area contributed by atoms with Crippen molar-refractivity contribution in [3.05, 3.63) is 84.6 Å². The minimum absolute atomic E-state index is 0.186. The van der Waals surface area contributed by atoms with E-state index in [-0.39, 0.29) is 4.90 Å². The zero-order valence-corrected chi connectivity index (χ0v) is 14.4. The molecule has 0 bridgehead atoms. The van der Waals surface area contributed by atoms with E-state index < -0.39 is 15.9 Å². The topological polar surface area (TPSA) is 88.4 Å². The number of fused-ring (bicyclic) bond motifs is 1. The van der Waals surface area contributed by atoms with Crippen LogP contribution >= 0.6 is 0 Å². The largest absolute Gasteiger partial charge is 0.288 e. The van der Waals surface area contributed by atoms with E-state index in [9.17, 15) is 13.2 Å². The average Bonchev–Trinajstić information content (AvgIpc) is 3.04. The third kappa shape index (κ3) is 3.44. The molecule has 6 nitrogen and oxygen atoms in total. The Balaban J connectivity index is 2.13. The van der Waals surface area contributed by atoms with Gasteiger partial charge in [0, 0.05) is 11.5 Å². The molecule has 0 atom stereocenters. The highest BCUT2D eigenvalue weighted by Gasteiger charge is 2.21. The molecule has 0 fully saturated rings. The van der Waals surface area contributed by atoms with Gasteiger partial charge in [-0.1, -0.05) is 48.6 Å². The molecule has 132 valence electrons. The molecule has 7 heteroatoms. The number of benzene rings is 2. The van der Waals surface area contributed by atoms with Crippen LogP contribution in [0.1, 0.15) is 5.69 Å². The molecule has 1 amide bonds. The van der Waals surface area contributed by atoms with Gasteiger partial charge in [-0.15, -0.1) is 0 Å². The van der Waals surface area contributed by atoms with Crippen LogP contribution in [0.5, 0.6) is 0 Å². The van der Waals surface area contributed by atoms with Crippen LogP contribution in [0.2, 0.25) is 0 Å². The summed E-state index contributed by atoms with van der Waals surface area (Å²) in [6.07, 6.45) is 5.64. The molecule has 2 aromatic carbocycles. The molecule has 0 radical (unpaired) electrons. The van der Waals surface area contributed by atoms with Crippen molar-refractivity contribution >= 4 is 32.9 Å². The van der Waals surface area contributed by atoms with Gasteiger partial charge in [-0.3, -0.25) is 10.0 Å². The third-order valence-electron chi connectivity index (χ3n) is 3.71. The van der Waals surface area contributed by atoms with E-state index in [2.05, 4.69) is 0 Å². The lowest BCUT2D eigenvalue weighted by molar-refractivity contribution is -0.124. The second-order valence-corrected chi connectivity index (χ2v) is 7.19. The third-order valence-corrected chi connectivity index (χ3v) is 5.47. The van der Waals surface area contributed by atoms with E-state index in [0.717, 1.165) is 11.5 Å². The summed E-state index contributed by atoms with van der Waals surface area (Å²) < 4.78 is 27.5. The normalized spacial score (nSPS) is 12.2. The lowest BCUT2D eigenvalue weighted by Crippen LogP contribution is -2.14. The van der Waals surface area contributed by atoms with Crippen molar-refractivity contribution in [2.45, 2.75) is 4.90 Å². The van der Waals surface area contributed by atoms with Gasteiger partial charge >= 0.3 is 0 Å². The fourth-order valence-electron chi connectivity index (χ4n) is 2.57. The molecule has 0 unspecified atom stereocenters. The Morgan fingerprint density at radius 1 is 1.00 bits per heavy atom. The quantitative estimate of drug-likeness (QED) is 0.314. The molecule has 3 aromatic rings. The summed E-state index contributed by atoms with van der Waals surface area (Å²) in [6.45, 7) is 0. The van der Waals surface area contributed by atoms with Gasteiger partial charge in [0.25, 0.3) is 15.9 Å². The lowest BCUT2D eigenvalue weighted by atomic mass is 10.2. The van der Waals surface area contributed by atoms with E-state index >= 15 is 0 Å². The fraction of sp³-hybridized carbons (Fsp3) is 0. The van der Waals surface area contributed by atoms with Crippen molar-refractivity contribution in [2.24, 2.45) is 0 Å². The minimum Gasteiger partial charge on any atom is -0.288 e. The molecule has 0 aliphatic carbocycles. The summed E-state index contributed by atoms with van der Waals surface area (Å²) in [5.41, 5.74) is 2.49. The van der Waals surface area contributed by atoms with Crippen LogP contribution in [0.3, 0.4) is 0 Å². The predicted octanol–water partition coefficient (Wildman–Crippen LogP) is 2.95. The molecule has 2 N–H and O–H groups in total. The first-order valence-electron chi connectivity index (χ1n) is 7.74. The molecule has 0 spiro atoms. The summed E-state index contributed by atoms with van der Waals surface area (Å²) >= 11 is 0. The van der Waals surface area contributed by atoms with Crippen molar-refractivity contribution in [3.63, 3.8) is 0 Å². The molecule has 0 aliphatic rings. The van der Waals surface area contributed by atoms with Gasteiger partial charge in [0.1, 0.15) is 0 Å². The summed E-state index contributed by atoms with van der Waals surface area (Å²) in [7, 11) is -3.79. The van der Waals surface area contributed by atoms with Gasteiger partial charge < -0.3 is 0 Å². The van der Waals surface area contributed by atoms with Gasteiger partial charge in [0.15, 0.2) is 0 Å². The van der Waals surface area contributed by atoms with Gasteiger partial charge in [-0.2, -0.15) is 0 Å². The van der Waals surface area contributed by atoms with E-state index in [0.29, 0.717) is 11.2 Å². The highest BCUT2D eigenvalue weighted by molar-refractivity contribution is 7.90. The van der Waals surface area contributed by atoms with Crippen LogP contribution in [0.15, 0.2) is 83.8 Å². The van der Waals surface area contributed by atoms with E-state index in [4.69, 9.17) is 5.21 Å². The number of hydrogen-bond acceptors (Lipinski definition) is 4. The number of hydroxylamine groups is 1. The second-order valence-electron chi connectivity index (χ2n) is 5.40. The molecule has 0 saturated heterocycles. The van der Waals surface area contributed by atoms with E-state index in [1.165, 1.54) is 21.6 Å². The Morgan fingerprint density at radius 3 is 2.42 bits per heavy atom. The number of aromatic nitrogens is 1. The van der Waals surface area contributed by atoms with Crippen LogP contribution in [-0.4, -0.2) is 23.5 Å². The van der Waals surface area contributed by atoms with Crippen LogP contribution in [0.4, 0.5) is 0 Å². The van der Waals surface area contributed by atoms with Crippen molar-refractivity contribution in [2.75, 3.05) is 0 Å². The summed E-state index contributed by atoms with van der Waals surface area (Å²) in [5.74, 6) is -0.674. The van der Waals surface area contributed by atoms with Crippen LogP contribution < -0.4 is 5.48 Å². The van der Waals surface area contributed by atoms with Crippen LogP contribution in [-0.2, 0) is 14.8 Å². The number of nitrogens with zero attached hydrogens (tertiary/aromatic N) is 1. The predicted molar refractivity (Wildman–Crippen MR) is 99.1 cm³/mol. The molecule has 0 aliphatic heterocycles. The smallest absolute Gasteiger partial charge is 0.268 e. The van der Waals surface area contributed by atoms with Crippen molar-refractivity contribution in [1.82, 2.24) is 9.45 Å². The van der Waals surface area contributed by atoms with Gasteiger partial charge in [-0.25, -0.2) is 17.9 Å². The Morgan fingerprint density at radius 2 is 1.69 bits per heavy atom. The first-order chi connectivity index (χ1) is 12.5.